The average Bonchev–Trinajstić information content (AvgIpc) is 2.01. The summed E-state index contributed by atoms with van der Waals surface area (Å²) in [6.45, 7) is 3.47. The molecule has 72 valence electrons. The molecule has 0 aromatic carbocycles. The molecule has 1 unspecified atom stereocenters. The average molecular weight is 184 g/mol. The smallest absolute Gasteiger partial charge is 0.322 e. The van der Waals surface area contributed by atoms with Gasteiger partial charge >= 0.3 is 6.03 Å². The van der Waals surface area contributed by atoms with Crippen LogP contribution >= 0.6 is 0 Å². The molecule has 1 fully saturated rings. The fourth-order valence-corrected chi connectivity index (χ4v) is 1.18. The van der Waals surface area contributed by atoms with Crippen LogP contribution in [0.4, 0.5) is 4.79 Å². The molecule has 13 heavy (non-hydrogen) atoms. The molecule has 2 N–H and O–H groups in total. The van der Waals surface area contributed by atoms with Gasteiger partial charge in [0, 0.05) is 5.92 Å². The first-order valence-corrected chi connectivity index (χ1v) is 4.14. The first-order valence-electron chi connectivity index (χ1n) is 4.14. The van der Waals surface area contributed by atoms with Crippen LogP contribution in [0.3, 0.4) is 0 Å². The summed E-state index contributed by atoms with van der Waals surface area (Å²) in [5.41, 5.74) is 0. The Bertz CT molecular complexity index is 244. The molecule has 1 aliphatic rings. The summed E-state index contributed by atoms with van der Waals surface area (Å²) in [7, 11) is 0. The highest BCUT2D eigenvalue weighted by atomic mass is 16.2. The number of nitrogens with one attached hydrogen (secondary N) is 2. The van der Waals surface area contributed by atoms with Crippen molar-refractivity contribution in [2.75, 3.05) is 0 Å². The largest absolute Gasteiger partial charge is 0.327 e. The van der Waals surface area contributed by atoms with Crippen molar-refractivity contribution in [3.63, 3.8) is 0 Å². The van der Waals surface area contributed by atoms with E-state index in [2.05, 4.69) is 10.6 Å². The van der Waals surface area contributed by atoms with Gasteiger partial charge in [-0.3, -0.25) is 14.9 Å². The number of ketones is 1. The van der Waals surface area contributed by atoms with E-state index in [0.717, 1.165) is 0 Å². The number of Topliss-reactive ketones (excluding diaryl/α,β-unsaturated/α-hetero) is 1. The Morgan fingerprint density at radius 1 is 1.46 bits per heavy atom. The molecule has 5 nitrogen and oxygen atoms in total. The maximum absolute atomic E-state index is 11.4. The predicted octanol–water partition coefficient (Wildman–Crippen LogP) is -0.190. The Hall–Kier alpha value is -1.39. The van der Waals surface area contributed by atoms with Crippen molar-refractivity contribution in [3.05, 3.63) is 0 Å². The van der Waals surface area contributed by atoms with Crippen molar-refractivity contribution in [3.8, 4) is 0 Å². The molecule has 0 aliphatic carbocycles. The Kier molecular flexibility index (Phi) is 2.65. The van der Waals surface area contributed by atoms with Crippen molar-refractivity contribution in [2.45, 2.75) is 26.3 Å². The van der Waals surface area contributed by atoms with Crippen LogP contribution in [-0.2, 0) is 9.59 Å². The van der Waals surface area contributed by atoms with E-state index in [0.29, 0.717) is 0 Å². The Balaban J connectivity index is 2.65. The van der Waals surface area contributed by atoms with Crippen LogP contribution in [-0.4, -0.2) is 23.8 Å². The Morgan fingerprint density at radius 3 is 2.54 bits per heavy atom. The van der Waals surface area contributed by atoms with Crippen LogP contribution in [0.1, 0.15) is 20.3 Å². The standard InChI is InChI=1S/C8H12N2O3/c1-4(2)7(12)5-3-6(11)10-8(13)9-5/h4-5H,3H2,1-2H3,(H2,9,10,11,13). The van der Waals surface area contributed by atoms with Gasteiger partial charge in [-0.05, 0) is 0 Å². The van der Waals surface area contributed by atoms with Crippen LogP contribution in [0.2, 0.25) is 0 Å². The molecule has 1 saturated heterocycles. The highest BCUT2D eigenvalue weighted by Gasteiger charge is 2.30. The van der Waals surface area contributed by atoms with Gasteiger partial charge in [0.15, 0.2) is 5.78 Å². The summed E-state index contributed by atoms with van der Waals surface area (Å²) in [4.78, 5) is 33.1. The van der Waals surface area contributed by atoms with Gasteiger partial charge < -0.3 is 5.32 Å². The minimum Gasteiger partial charge on any atom is -0.327 e. The highest BCUT2D eigenvalue weighted by molar-refractivity contribution is 6.03. The summed E-state index contributed by atoms with van der Waals surface area (Å²) in [5, 5.41) is 4.47. The lowest BCUT2D eigenvalue weighted by atomic mass is 9.98. The molecule has 1 heterocycles. The zero-order valence-electron chi connectivity index (χ0n) is 7.59. The van der Waals surface area contributed by atoms with Gasteiger partial charge in [-0.1, -0.05) is 13.8 Å². The lowest BCUT2D eigenvalue weighted by Crippen LogP contribution is -2.55. The van der Waals surface area contributed by atoms with E-state index in [-0.39, 0.29) is 18.1 Å². The second kappa shape index (κ2) is 3.55. The molecule has 0 bridgehead atoms. The summed E-state index contributed by atoms with van der Waals surface area (Å²) in [5.74, 6) is -0.679. The lowest BCUT2D eigenvalue weighted by Gasteiger charge is -2.23. The monoisotopic (exact) mass is 184 g/mol. The molecule has 0 saturated carbocycles. The van der Waals surface area contributed by atoms with E-state index in [1.807, 2.05) is 0 Å². The van der Waals surface area contributed by atoms with Crippen molar-refractivity contribution in [1.82, 2.24) is 10.6 Å². The molecule has 5 heteroatoms. The minimum absolute atomic E-state index is 0.0444. The fraction of sp³-hybridized carbons (Fsp3) is 0.625. The van der Waals surface area contributed by atoms with Gasteiger partial charge in [-0.25, -0.2) is 4.79 Å². The second-order valence-electron chi connectivity index (χ2n) is 3.34. The third-order valence-electron chi connectivity index (χ3n) is 1.86. The van der Waals surface area contributed by atoms with Crippen molar-refractivity contribution >= 4 is 17.7 Å². The maximum atomic E-state index is 11.4. The van der Waals surface area contributed by atoms with Crippen LogP contribution < -0.4 is 10.6 Å². The molecule has 0 spiro atoms. The zero-order chi connectivity index (χ0) is 10.0. The van der Waals surface area contributed by atoms with Gasteiger partial charge in [0.05, 0.1) is 12.5 Å². The quantitative estimate of drug-likeness (QED) is 0.624. The van der Waals surface area contributed by atoms with Gasteiger partial charge in [0.1, 0.15) is 0 Å². The summed E-state index contributed by atoms with van der Waals surface area (Å²) < 4.78 is 0. The first-order chi connectivity index (χ1) is 6.00. The third-order valence-corrected chi connectivity index (χ3v) is 1.86. The summed E-state index contributed by atoms with van der Waals surface area (Å²) in [6.07, 6.45) is 0.0444. The van der Waals surface area contributed by atoms with Gasteiger partial charge in [-0.15, -0.1) is 0 Å². The molecular formula is C8H12N2O3. The molecule has 1 aliphatic heterocycles. The van der Waals surface area contributed by atoms with Crippen LogP contribution in [0.25, 0.3) is 0 Å². The lowest BCUT2D eigenvalue weighted by molar-refractivity contribution is -0.129. The molecule has 0 radical (unpaired) electrons. The number of carbonyl (C=O) groups excluding carboxylic acids is 3. The number of amides is 3. The number of urea groups is 1. The SMILES string of the molecule is CC(C)C(=O)C1CC(=O)NC(=O)N1. The molecule has 3 amide bonds. The van der Waals surface area contributed by atoms with Crippen molar-refractivity contribution < 1.29 is 14.4 Å². The van der Waals surface area contributed by atoms with Gasteiger partial charge in [0.25, 0.3) is 0 Å². The molecular weight excluding hydrogens is 172 g/mol. The number of rotatable bonds is 2. The molecule has 1 rings (SSSR count). The molecule has 0 aromatic rings. The van der Waals surface area contributed by atoms with E-state index in [1.54, 1.807) is 13.8 Å². The van der Waals surface area contributed by atoms with Crippen LogP contribution in [0, 0.1) is 5.92 Å². The Labute approximate surface area is 75.9 Å². The fourth-order valence-electron chi connectivity index (χ4n) is 1.18. The van der Waals surface area contributed by atoms with Crippen LogP contribution in [0.5, 0.6) is 0 Å². The second-order valence-corrected chi connectivity index (χ2v) is 3.34. The predicted molar refractivity (Wildman–Crippen MR) is 44.9 cm³/mol. The number of hydrogen-bond donors (Lipinski definition) is 2. The minimum atomic E-state index is -0.652. The number of imide groups is 1. The first kappa shape index (κ1) is 9.70. The van der Waals surface area contributed by atoms with E-state index in [4.69, 9.17) is 0 Å². The summed E-state index contributed by atoms with van der Waals surface area (Å²) >= 11 is 0. The Morgan fingerprint density at radius 2 is 2.08 bits per heavy atom. The number of hydrogen-bond acceptors (Lipinski definition) is 3. The maximum Gasteiger partial charge on any atom is 0.322 e. The molecule has 1 atom stereocenters. The van der Waals surface area contributed by atoms with E-state index < -0.39 is 18.0 Å². The summed E-state index contributed by atoms with van der Waals surface area (Å²) in [6, 6.07) is -1.24. The van der Waals surface area contributed by atoms with E-state index >= 15 is 0 Å². The van der Waals surface area contributed by atoms with E-state index in [1.165, 1.54) is 0 Å². The van der Waals surface area contributed by atoms with Crippen molar-refractivity contribution in [1.29, 1.82) is 0 Å². The van der Waals surface area contributed by atoms with Crippen molar-refractivity contribution in [2.24, 2.45) is 5.92 Å². The zero-order valence-corrected chi connectivity index (χ0v) is 7.59. The highest BCUT2D eigenvalue weighted by Crippen LogP contribution is 2.06. The topological polar surface area (TPSA) is 75.3 Å². The van der Waals surface area contributed by atoms with Gasteiger partial charge in [0.2, 0.25) is 5.91 Å². The third kappa shape index (κ3) is 2.27. The molecule has 0 aromatic heterocycles. The normalized spacial score (nSPS) is 22.5. The number of carbonyl (C=O) groups is 3. The van der Waals surface area contributed by atoms with E-state index in [9.17, 15) is 14.4 Å². The van der Waals surface area contributed by atoms with Crippen LogP contribution in [0.15, 0.2) is 0 Å². The van der Waals surface area contributed by atoms with Gasteiger partial charge in [-0.2, -0.15) is 0 Å².